The van der Waals surface area contributed by atoms with E-state index in [1.165, 1.54) is 16.0 Å². The summed E-state index contributed by atoms with van der Waals surface area (Å²) in [6, 6.07) is 6.43. The third-order valence-electron chi connectivity index (χ3n) is 2.27. The topological polar surface area (TPSA) is 0 Å². The predicted molar refractivity (Wildman–Crippen MR) is 63.5 cm³/mol. The normalized spacial score (nSPS) is 11.6. The van der Waals surface area contributed by atoms with Crippen molar-refractivity contribution in [3.8, 4) is 0 Å². The third-order valence-corrected chi connectivity index (χ3v) is 2.27. The van der Waals surface area contributed by atoms with Crippen LogP contribution in [0.5, 0.6) is 0 Å². The van der Waals surface area contributed by atoms with Gasteiger partial charge in [-0.2, -0.15) is 0 Å². The number of hydrogen-bond acceptors (Lipinski definition) is 0. The molecule has 0 unspecified atom stereocenters. The van der Waals surface area contributed by atoms with Gasteiger partial charge in [0, 0.05) is 5.22 Å². The summed E-state index contributed by atoms with van der Waals surface area (Å²) in [5.41, 5.74) is 4.72. The van der Waals surface area contributed by atoms with Crippen LogP contribution in [0.25, 0.3) is 11.8 Å². The van der Waals surface area contributed by atoms with E-state index in [4.69, 9.17) is 0 Å². The van der Waals surface area contributed by atoms with Gasteiger partial charge in [-0.25, -0.2) is 0 Å². The van der Waals surface area contributed by atoms with Crippen LogP contribution >= 0.6 is 0 Å². The zero-order chi connectivity index (χ0) is 10.4. The smallest absolute Gasteiger partial charge is 0.0233 e. The minimum atomic E-state index is 1.03. The highest BCUT2D eigenvalue weighted by atomic mass is 14.0. The first-order valence-corrected chi connectivity index (χ1v) is 5.45. The van der Waals surface area contributed by atoms with Crippen molar-refractivity contribution in [1.29, 1.82) is 0 Å². The van der Waals surface area contributed by atoms with E-state index < -0.39 is 0 Å². The maximum absolute atomic E-state index is 3.28. The minimum Gasteiger partial charge on any atom is -0.116 e. The molecule has 0 heteroatoms. The summed E-state index contributed by atoms with van der Waals surface area (Å²) in [7, 11) is 0. The largest absolute Gasteiger partial charge is 0.116 e. The molecule has 0 heterocycles. The Labute approximate surface area is 86.3 Å². The Morgan fingerprint density at radius 3 is 2.79 bits per heavy atom. The molecule has 0 nitrogen and oxygen atoms in total. The third kappa shape index (κ3) is 2.16. The molecule has 1 aromatic carbocycles. The van der Waals surface area contributed by atoms with Crippen LogP contribution in [0.15, 0.2) is 24.3 Å². The molecule has 1 aliphatic rings. The van der Waals surface area contributed by atoms with Crippen LogP contribution in [0.1, 0.15) is 32.8 Å². The SMILES string of the molecule is CC.CCc1cccc2c1=CCC=C=2. The van der Waals surface area contributed by atoms with Crippen LogP contribution in [0, 0.1) is 0 Å². The molecule has 0 amide bonds. The van der Waals surface area contributed by atoms with E-state index in [0.29, 0.717) is 0 Å². The molecule has 0 fully saturated rings. The van der Waals surface area contributed by atoms with Crippen LogP contribution in [0.4, 0.5) is 0 Å². The fourth-order valence-corrected chi connectivity index (χ4v) is 1.63. The van der Waals surface area contributed by atoms with Gasteiger partial charge < -0.3 is 0 Å². The van der Waals surface area contributed by atoms with Crippen molar-refractivity contribution in [1.82, 2.24) is 0 Å². The first-order valence-electron chi connectivity index (χ1n) is 5.45. The average Bonchev–Trinajstić information content (AvgIpc) is 2.31. The van der Waals surface area contributed by atoms with E-state index in [0.717, 1.165) is 12.8 Å². The van der Waals surface area contributed by atoms with E-state index in [1.807, 2.05) is 13.8 Å². The van der Waals surface area contributed by atoms with E-state index >= 15 is 0 Å². The summed E-state index contributed by atoms with van der Waals surface area (Å²) in [6.45, 7) is 6.20. The maximum atomic E-state index is 3.28. The number of allylic oxidation sites excluding steroid dienone is 1. The molecule has 2 rings (SSSR count). The van der Waals surface area contributed by atoms with E-state index in [9.17, 15) is 0 Å². The fourth-order valence-electron chi connectivity index (χ4n) is 1.63. The quantitative estimate of drug-likeness (QED) is 0.632. The number of fused-ring (bicyclic) bond motifs is 1. The van der Waals surface area contributed by atoms with Crippen molar-refractivity contribution in [2.24, 2.45) is 0 Å². The van der Waals surface area contributed by atoms with Gasteiger partial charge in [0.25, 0.3) is 0 Å². The zero-order valence-corrected chi connectivity index (χ0v) is 9.30. The van der Waals surface area contributed by atoms with Gasteiger partial charge in [0.1, 0.15) is 0 Å². The Hall–Kier alpha value is -1.26. The molecular formula is C14H18. The Morgan fingerprint density at radius 2 is 2.07 bits per heavy atom. The van der Waals surface area contributed by atoms with Crippen LogP contribution in [-0.2, 0) is 6.42 Å². The van der Waals surface area contributed by atoms with E-state index in [2.05, 4.69) is 43.0 Å². The van der Waals surface area contributed by atoms with Crippen LogP contribution < -0.4 is 10.4 Å². The lowest BCUT2D eigenvalue weighted by molar-refractivity contribution is 1.11. The second-order valence-corrected chi connectivity index (χ2v) is 3.02. The van der Waals surface area contributed by atoms with Crippen molar-refractivity contribution in [2.45, 2.75) is 33.6 Å². The van der Waals surface area contributed by atoms with Gasteiger partial charge in [-0.1, -0.05) is 39.0 Å². The molecule has 0 saturated heterocycles. The highest BCUT2D eigenvalue weighted by Crippen LogP contribution is 1.93. The molecule has 74 valence electrons. The molecule has 1 aromatic rings. The van der Waals surface area contributed by atoms with E-state index in [-0.39, 0.29) is 0 Å². The van der Waals surface area contributed by atoms with E-state index in [1.54, 1.807) is 0 Å². The number of rotatable bonds is 1. The molecule has 0 aromatic heterocycles. The molecule has 0 saturated carbocycles. The lowest BCUT2D eigenvalue weighted by atomic mass is 10.0. The Balaban J connectivity index is 0.000000461. The van der Waals surface area contributed by atoms with Crippen molar-refractivity contribution in [3.63, 3.8) is 0 Å². The number of benzene rings is 1. The summed E-state index contributed by atoms with van der Waals surface area (Å²) in [4.78, 5) is 0. The predicted octanol–water partition coefficient (Wildman–Crippen LogP) is 2.40. The van der Waals surface area contributed by atoms with Gasteiger partial charge in [0.2, 0.25) is 0 Å². The average molecular weight is 186 g/mol. The Bertz CT molecular complexity index is 432. The van der Waals surface area contributed by atoms with Crippen LogP contribution in [-0.4, -0.2) is 0 Å². The van der Waals surface area contributed by atoms with Gasteiger partial charge in [-0.15, -0.1) is 5.73 Å². The minimum absolute atomic E-state index is 1.03. The van der Waals surface area contributed by atoms with Gasteiger partial charge in [0.15, 0.2) is 0 Å². The zero-order valence-electron chi connectivity index (χ0n) is 9.30. The molecule has 0 radical (unpaired) electrons. The Morgan fingerprint density at radius 1 is 1.29 bits per heavy atom. The van der Waals surface area contributed by atoms with Gasteiger partial charge in [-0.3, -0.25) is 0 Å². The number of hydrogen-bond donors (Lipinski definition) is 0. The van der Waals surface area contributed by atoms with Gasteiger partial charge in [-0.05, 0) is 35.8 Å². The first-order chi connectivity index (χ1) is 6.92. The van der Waals surface area contributed by atoms with Crippen LogP contribution in [0.2, 0.25) is 0 Å². The van der Waals surface area contributed by atoms with Gasteiger partial charge in [0.05, 0.1) is 0 Å². The van der Waals surface area contributed by atoms with Crippen molar-refractivity contribution in [2.75, 3.05) is 0 Å². The summed E-state index contributed by atoms with van der Waals surface area (Å²) in [6.07, 6.45) is 6.51. The monoisotopic (exact) mass is 186 g/mol. The molecule has 0 aliphatic heterocycles. The van der Waals surface area contributed by atoms with Crippen molar-refractivity contribution < 1.29 is 0 Å². The summed E-state index contributed by atoms with van der Waals surface area (Å²) in [5.74, 6) is 0. The standard InChI is InChI=1S/C12H12.C2H6/c1-2-10-7-5-8-11-6-3-4-9-12(10)11;1-2/h3,5,7-9H,2,4H2,1H3;1-2H3. The molecule has 14 heavy (non-hydrogen) atoms. The van der Waals surface area contributed by atoms with Crippen molar-refractivity contribution in [3.05, 3.63) is 40.3 Å². The summed E-state index contributed by atoms with van der Waals surface area (Å²) in [5, 5.41) is 2.64. The molecule has 0 N–H and O–H groups in total. The van der Waals surface area contributed by atoms with Crippen LogP contribution in [0.3, 0.4) is 0 Å². The number of aryl methyl sites for hydroxylation is 1. The summed E-state index contributed by atoms with van der Waals surface area (Å²) >= 11 is 0. The molecule has 1 aliphatic carbocycles. The maximum Gasteiger partial charge on any atom is 0.0233 e. The van der Waals surface area contributed by atoms with Crippen molar-refractivity contribution >= 4 is 11.8 Å². The second-order valence-electron chi connectivity index (χ2n) is 3.02. The molecule has 0 spiro atoms. The second kappa shape index (κ2) is 5.47. The Kier molecular flexibility index (Phi) is 4.22. The summed E-state index contributed by atoms with van der Waals surface area (Å²) < 4.78 is 0. The highest BCUT2D eigenvalue weighted by molar-refractivity contribution is 5.41. The molecule has 0 bridgehead atoms. The molecular weight excluding hydrogens is 168 g/mol. The molecule has 0 atom stereocenters. The highest BCUT2D eigenvalue weighted by Gasteiger charge is 1.94. The van der Waals surface area contributed by atoms with Gasteiger partial charge >= 0.3 is 0 Å². The lowest BCUT2D eigenvalue weighted by Crippen LogP contribution is -2.28. The lowest BCUT2D eigenvalue weighted by Gasteiger charge is -2.00. The first kappa shape index (κ1) is 10.8. The fraction of sp³-hybridized carbons (Fsp3) is 0.357.